The molecule has 0 amide bonds. The molecule has 5 heteroatoms. The molecule has 5 nitrogen and oxygen atoms in total. The van der Waals surface area contributed by atoms with Gasteiger partial charge >= 0.3 is 5.97 Å². The van der Waals surface area contributed by atoms with E-state index in [-0.39, 0.29) is 11.1 Å². The van der Waals surface area contributed by atoms with Gasteiger partial charge in [-0.05, 0) is 37.8 Å². The van der Waals surface area contributed by atoms with E-state index in [2.05, 4.69) is 0 Å². The van der Waals surface area contributed by atoms with Crippen LogP contribution >= 0.6 is 0 Å². The topological polar surface area (TPSA) is 68.5 Å². The Morgan fingerprint density at radius 2 is 2.14 bits per heavy atom. The van der Waals surface area contributed by atoms with Gasteiger partial charge in [-0.1, -0.05) is 0 Å². The van der Waals surface area contributed by atoms with Gasteiger partial charge in [-0.2, -0.15) is 0 Å². The minimum atomic E-state index is -1.06. The molecule has 110 valence electrons. The van der Waals surface area contributed by atoms with Gasteiger partial charge in [0.1, 0.15) is 11.4 Å². The fourth-order valence-electron chi connectivity index (χ4n) is 2.71. The highest BCUT2D eigenvalue weighted by Gasteiger charge is 2.26. The van der Waals surface area contributed by atoms with Crippen LogP contribution in [0.5, 0.6) is 5.75 Å². The fourth-order valence-corrected chi connectivity index (χ4v) is 2.71. The van der Waals surface area contributed by atoms with Gasteiger partial charge in [-0.25, -0.2) is 4.79 Å². The largest absolute Gasteiger partial charge is 0.497 e. The lowest BCUT2D eigenvalue weighted by Gasteiger charge is -2.17. The summed E-state index contributed by atoms with van der Waals surface area (Å²) in [6.45, 7) is 2.21. The molecule has 1 saturated carbocycles. The SMILES string of the molecule is COc1ccc2c(=O)c(C)c(C(=O)O)n(CC3CC3)c2c1. The predicted molar refractivity (Wildman–Crippen MR) is 79.2 cm³/mol. The zero-order valence-corrected chi connectivity index (χ0v) is 12.0. The normalized spacial score (nSPS) is 14.4. The lowest BCUT2D eigenvalue weighted by Crippen LogP contribution is -2.22. The Morgan fingerprint density at radius 3 is 2.71 bits per heavy atom. The van der Waals surface area contributed by atoms with E-state index >= 15 is 0 Å². The van der Waals surface area contributed by atoms with Crippen molar-refractivity contribution in [2.75, 3.05) is 7.11 Å². The van der Waals surface area contributed by atoms with Crippen LogP contribution in [0.2, 0.25) is 0 Å². The second-order valence-corrected chi connectivity index (χ2v) is 5.54. The standard InChI is InChI=1S/C16H17NO4/c1-9-14(16(19)20)17(8-10-3-4-10)13-7-11(21-2)5-6-12(13)15(9)18/h5-7,10H,3-4,8H2,1-2H3,(H,19,20). The molecule has 1 aliphatic carbocycles. The zero-order valence-electron chi connectivity index (χ0n) is 12.0. The number of carbonyl (C=O) groups is 1. The van der Waals surface area contributed by atoms with Crippen molar-refractivity contribution in [1.29, 1.82) is 0 Å². The van der Waals surface area contributed by atoms with E-state index < -0.39 is 5.97 Å². The third-order valence-electron chi connectivity index (χ3n) is 4.05. The average molecular weight is 287 g/mol. The Kier molecular flexibility index (Phi) is 3.20. The van der Waals surface area contributed by atoms with Crippen LogP contribution in [0.25, 0.3) is 10.9 Å². The molecule has 1 aromatic carbocycles. The van der Waals surface area contributed by atoms with E-state index in [1.54, 1.807) is 36.8 Å². The number of pyridine rings is 1. The molecule has 1 heterocycles. The summed E-state index contributed by atoms with van der Waals surface area (Å²) >= 11 is 0. The maximum atomic E-state index is 12.4. The van der Waals surface area contributed by atoms with Gasteiger partial charge in [0.2, 0.25) is 0 Å². The molecular weight excluding hydrogens is 270 g/mol. The number of carboxylic acids is 1. The average Bonchev–Trinajstić information content (AvgIpc) is 3.27. The van der Waals surface area contributed by atoms with Gasteiger partial charge in [0.25, 0.3) is 0 Å². The van der Waals surface area contributed by atoms with E-state index in [4.69, 9.17) is 4.74 Å². The Labute approximate surface area is 121 Å². The van der Waals surface area contributed by atoms with Gasteiger partial charge in [0, 0.05) is 23.6 Å². The minimum absolute atomic E-state index is 0.0904. The van der Waals surface area contributed by atoms with Crippen molar-refractivity contribution in [3.05, 3.63) is 39.7 Å². The molecule has 21 heavy (non-hydrogen) atoms. The van der Waals surface area contributed by atoms with E-state index in [0.29, 0.717) is 34.7 Å². The lowest BCUT2D eigenvalue weighted by atomic mass is 10.1. The molecule has 0 saturated heterocycles. The van der Waals surface area contributed by atoms with Crippen molar-refractivity contribution in [3.8, 4) is 5.75 Å². The van der Waals surface area contributed by atoms with Crippen LogP contribution in [0.3, 0.4) is 0 Å². The van der Waals surface area contributed by atoms with Crippen LogP contribution in [0, 0.1) is 12.8 Å². The molecule has 0 atom stereocenters. The molecule has 0 bridgehead atoms. The molecule has 1 N–H and O–H groups in total. The van der Waals surface area contributed by atoms with Gasteiger partial charge in [-0.3, -0.25) is 4.79 Å². The predicted octanol–water partition coefficient (Wildman–Crippen LogP) is 2.43. The first-order valence-electron chi connectivity index (χ1n) is 6.97. The number of hydrogen-bond acceptors (Lipinski definition) is 3. The molecular formula is C16H17NO4. The van der Waals surface area contributed by atoms with Crippen molar-refractivity contribution in [3.63, 3.8) is 0 Å². The number of nitrogens with zero attached hydrogens (tertiary/aromatic N) is 1. The van der Waals surface area contributed by atoms with Gasteiger partial charge in [0.05, 0.1) is 12.6 Å². The number of hydrogen-bond donors (Lipinski definition) is 1. The first-order valence-corrected chi connectivity index (χ1v) is 6.97. The van der Waals surface area contributed by atoms with E-state index in [1.165, 1.54) is 0 Å². The molecule has 2 aromatic rings. The number of methoxy groups -OCH3 is 1. The van der Waals surface area contributed by atoms with Crippen LogP contribution in [-0.4, -0.2) is 22.8 Å². The quantitative estimate of drug-likeness (QED) is 0.937. The second kappa shape index (κ2) is 4.91. The molecule has 3 rings (SSSR count). The minimum Gasteiger partial charge on any atom is -0.497 e. The summed E-state index contributed by atoms with van der Waals surface area (Å²) < 4.78 is 6.96. The van der Waals surface area contributed by atoms with Crippen LogP contribution in [0.4, 0.5) is 0 Å². The Morgan fingerprint density at radius 1 is 1.43 bits per heavy atom. The third kappa shape index (κ3) is 2.28. The van der Waals surface area contributed by atoms with E-state index in [0.717, 1.165) is 12.8 Å². The summed E-state index contributed by atoms with van der Waals surface area (Å²) in [6, 6.07) is 5.18. The zero-order chi connectivity index (χ0) is 15.1. The van der Waals surface area contributed by atoms with Gasteiger partial charge in [-0.15, -0.1) is 0 Å². The highest BCUT2D eigenvalue weighted by atomic mass is 16.5. The van der Waals surface area contributed by atoms with E-state index in [1.807, 2.05) is 0 Å². The lowest BCUT2D eigenvalue weighted by molar-refractivity contribution is 0.0683. The molecule has 1 fully saturated rings. The molecule has 0 unspecified atom stereocenters. The third-order valence-corrected chi connectivity index (χ3v) is 4.05. The summed E-state index contributed by atoms with van der Waals surface area (Å²) in [5.41, 5.74) is 0.791. The summed E-state index contributed by atoms with van der Waals surface area (Å²) in [6.07, 6.45) is 2.21. The maximum absolute atomic E-state index is 12.4. The highest BCUT2D eigenvalue weighted by molar-refractivity contribution is 5.92. The number of aromatic carboxylic acids is 1. The molecule has 0 radical (unpaired) electrons. The molecule has 1 aromatic heterocycles. The number of ether oxygens (including phenoxy) is 1. The highest BCUT2D eigenvalue weighted by Crippen LogP contribution is 2.33. The van der Waals surface area contributed by atoms with Crippen molar-refractivity contribution in [2.45, 2.75) is 26.3 Å². The van der Waals surface area contributed by atoms with Crippen molar-refractivity contribution in [2.24, 2.45) is 5.92 Å². The second-order valence-electron chi connectivity index (χ2n) is 5.54. The smallest absolute Gasteiger partial charge is 0.352 e. The molecule has 1 aliphatic rings. The first-order chi connectivity index (χ1) is 10.0. The van der Waals surface area contributed by atoms with Crippen LogP contribution in [-0.2, 0) is 6.54 Å². The Hall–Kier alpha value is -2.30. The van der Waals surface area contributed by atoms with Crippen LogP contribution in [0.1, 0.15) is 28.9 Å². The fraction of sp³-hybridized carbons (Fsp3) is 0.375. The van der Waals surface area contributed by atoms with E-state index in [9.17, 15) is 14.7 Å². The van der Waals surface area contributed by atoms with Crippen LogP contribution in [0.15, 0.2) is 23.0 Å². The molecule has 0 aliphatic heterocycles. The van der Waals surface area contributed by atoms with Crippen LogP contribution < -0.4 is 10.2 Å². The number of aromatic nitrogens is 1. The van der Waals surface area contributed by atoms with Crippen molar-refractivity contribution < 1.29 is 14.6 Å². The summed E-state index contributed by atoms with van der Waals surface area (Å²) in [5, 5.41) is 10.0. The maximum Gasteiger partial charge on any atom is 0.352 e. The number of benzene rings is 1. The molecule has 0 spiro atoms. The summed E-state index contributed by atoms with van der Waals surface area (Å²) in [7, 11) is 1.55. The van der Waals surface area contributed by atoms with Crippen molar-refractivity contribution in [1.82, 2.24) is 4.57 Å². The van der Waals surface area contributed by atoms with Crippen molar-refractivity contribution >= 4 is 16.9 Å². The number of carboxylic acid groups (broad SMARTS) is 1. The number of fused-ring (bicyclic) bond motifs is 1. The Balaban J connectivity index is 2.38. The summed E-state index contributed by atoms with van der Waals surface area (Å²) in [5.74, 6) is 0.0565. The van der Waals surface area contributed by atoms with Gasteiger partial charge in [0.15, 0.2) is 5.43 Å². The van der Waals surface area contributed by atoms with Gasteiger partial charge < -0.3 is 14.4 Å². The number of rotatable bonds is 4. The Bertz CT molecular complexity index is 787. The first kappa shape index (κ1) is 13.7. The summed E-state index contributed by atoms with van der Waals surface area (Å²) in [4.78, 5) is 24.0. The monoisotopic (exact) mass is 287 g/mol.